The van der Waals surface area contributed by atoms with E-state index in [9.17, 15) is 13.2 Å². The minimum atomic E-state index is -3.50. The highest BCUT2D eigenvalue weighted by molar-refractivity contribution is 7.98. The van der Waals surface area contributed by atoms with Gasteiger partial charge in [0.25, 0.3) is 5.91 Å². The second-order valence-electron chi connectivity index (χ2n) is 8.26. The molecule has 0 spiro atoms. The van der Waals surface area contributed by atoms with Crippen LogP contribution in [-0.4, -0.2) is 54.1 Å². The van der Waals surface area contributed by atoms with Crippen LogP contribution in [0.4, 0.5) is 5.69 Å². The van der Waals surface area contributed by atoms with Gasteiger partial charge in [-0.3, -0.25) is 9.36 Å². The van der Waals surface area contributed by atoms with Crippen molar-refractivity contribution in [1.29, 1.82) is 0 Å². The van der Waals surface area contributed by atoms with E-state index in [0.29, 0.717) is 36.6 Å². The average Bonchev–Trinajstić information content (AvgIpc) is 3.48. The number of hydrogen-bond acceptors (Lipinski definition) is 5. The maximum Gasteiger partial charge on any atom is 0.276 e. The number of thioether (sulfide) groups is 1. The zero-order valence-electron chi connectivity index (χ0n) is 18.5. The van der Waals surface area contributed by atoms with Crippen LogP contribution < -0.4 is 4.90 Å². The highest BCUT2D eigenvalue weighted by Crippen LogP contribution is 2.33. The van der Waals surface area contributed by atoms with Crippen LogP contribution in [0, 0.1) is 0 Å². The number of rotatable bonds is 5. The number of fused-ring (bicyclic) bond motifs is 1. The molecule has 1 aromatic heterocycles. The van der Waals surface area contributed by atoms with Crippen LogP contribution in [0.1, 0.15) is 35.3 Å². The summed E-state index contributed by atoms with van der Waals surface area (Å²) in [5, 5.41) is 0.743. The molecule has 1 fully saturated rings. The van der Waals surface area contributed by atoms with Crippen molar-refractivity contribution in [3.8, 4) is 5.69 Å². The molecule has 7 nitrogen and oxygen atoms in total. The minimum Gasteiger partial charge on any atom is -0.306 e. The molecule has 2 aromatic carbocycles. The van der Waals surface area contributed by atoms with Crippen molar-refractivity contribution in [3.63, 3.8) is 0 Å². The molecule has 1 amide bonds. The number of imidazole rings is 1. The fourth-order valence-corrected chi connectivity index (χ4v) is 6.71. The Balaban J connectivity index is 1.46. The Morgan fingerprint density at radius 1 is 1.00 bits per heavy atom. The predicted octanol–water partition coefficient (Wildman–Crippen LogP) is 3.97. The van der Waals surface area contributed by atoms with Gasteiger partial charge in [-0.1, -0.05) is 36.4 Å². The van der Waals surface area contributed by atoms with Crippen molar-refractivity contribution in [2.24, 2.45) is 0 Å². The van der Waals surface area contributed by atoms with Gasteiger partial charge >= 0.3 is 0 Å². The van der Waals surface area contributed by atoms with E-state index in [0.717, 1.165) is 41.4 Å². The van der Waals surface area contributed by atoms with Crippen LogP contribution in [0.2, 0.25) is 0 Å². The Kier molecular flexibility index (Phi) is 6.03. The Morgan fingerprint density at radius 3 is 2.48 bits per heavy atom. The van der Waals surface area contributed by atoms with Gasteiger partial charge in [0.1, 0.15) is 5.69 Å². The molecule has 33 heavy (non-hydrogen) atoms. The molecule has 172 valence electrons. The van der Waals surface area contributed by atoms with Crippen molar-refractivity contribution < 1.29 is 13.2 Å². The SMILES string of the molecule is CSc1ncc(C(=O)N2CCc3cc(S(=O)(=O)N4CCCCC4)ccc32)n1-c1ccccc1. The first-order valence-electron chi connectivity index (χ1n) is 11.1. The van der Waals surface area contributed by atoms with Crippen LogP contribution in [-0.2, 0) is 16.4 Å². The lowest BCUT2D eigenvalue weighted by Gasteiger charge is -2.26. The molecule has 0 aliphatic carbocycles. The normalized spacial score (nSPS) is 16.7. The monoisotopic (exact) mass is 482 g/mol. The topological polar surface area (TPSA) is 75.5 Å². The lowest BCUT2D eigenvalue weighted by Crippen LogP contribution is -2.35. The van der Waals surface area contributed by atoms with Crippen molar-refractivity contribution in [1.82, 2.24) is 13.9 Å². The lowest BCUT2D eigenvalue weighted by molar-refractivity contribution is 0.0982. The number of benzene rings is 2. The number of hydrogen-bond donors (Lipinski definition) is 0. The fraction of sp³-hybridized carbons (Fsp3) is 0.333. The summed E-state index contributed by atoms with van der Waals surface area (Å²) < 4.78 is 29.6. The minimum absolute atomic E-state index is 0.142. The molecule has 0 radical (unpaired) electrons. The Morgan fingerprint density at radius 2 is 1.76 bits per heavy atom. The second kappa shape index (κ2) is 8.96. The average molecular weight is 483 g/mol. The molecule has 0 atom stereocenters. The zero-order chi connectivity index (χ0) is 23.0. The predicted molar refractivity (Wildman–Crippen MR) is 130 cm³/mol. The van der Waals surface area contributed by atoms with Crippen LogP contribution in [0.3, 0.4) is 0 Å². The number of carbonyl (C=O) groups is 1. The maximum atomic E-state index is 13.6. The molecule has 1 saturated heterocycles. The molecular formula is C24H26N4O3S2. The summed E-state index contributed by atoms with van der Waals surface area (Å²) in [6.07, 6.45) is 7.06. The standard InChI is InChI=1S/C24H26N4O3S2/c1-32-24-25-17-22(28(24)19-8-4-2-5-9-19)23(29)27-15-12-18-16-20(10-11-21(18)27)33(30,31)26-13-6-3-7-14-26/h2,4-5,8-11,16-17H,3,6-7,12-15H2,1H3. The molecule has 0 bridgehead atoms. The smallest absolute Gasteiger partial charge is 0.276 e. The number of amides is 1. The first kappa shape index (κ1) is 22.2. The van der Waals surface area contributed by atoms with Crippen LogP contribution in [0.5, 0.6) is 0 Å². The van der Waals surface area contributed by atoms with Gasteiger partial charge in [-0.2, -0.15) is 4.31 Å². The van der Waals surface area contributed by atoms with E-state index in [2.05, 4.69) is 4.98 Å². The second-order valence-corrected chi connectivity index (χ2v) is 11.0. The highest BCUT2D eigenvalue weighted by atomic mass is 32.2. The number of para-hydroxylation sites is 1. The van der Waals surface area contributed by atoms with Gasteiger partial charge in [-0.15, -0.1) is 0 Å². The first-order chi connectivity index (χ1) is 16.0. The van der Waals surface area contributed by atoms with Gasteiger partial charge in [0.05, 0.1) is 11.1 Å². The maximum absolute atomic E-state index is 13.6. The molecule has 5 rings (SSSR count). The summed E-state index contributed by atoms with van der Waals surface area (Å²) in [6, 6.07) is 14.9. The molecule has 0 N–H and O–H groups in total. The zero-order valence-corrected chi connectivity index (χ0v) is 20.1. The fourth-order valence-electron chi connectivity index (χ4n) is 4.60. The third kappa shape index (κ3) is 3.98. The lowest BCUT2D eigenvalue weighted by atomic mass is 10.2. The van der Waals surface area contributed by atoms with Gasteiger partial charge in [-0.25, -0.2) is 13.4 Å². The Hall–Kier alpha value is -2.62. The van der Waals surface area contributed by atoms with Crippen molar-refractivity contribution in [2.75, 3.05) is 30.8 Å². The molecule has 3 aromatic rings. The van der Waals surface area contributed by atoms with Crippen molar-refractivity contribution in [2.45, 2.75) is 35.7 Å². The molecular weight excluding hydrogens is 456 g/mol. The van der Waals surface area contributed by atoms with E-state index in [1.54, 1.807) is 33.6 Å². The number of aromatic nitrogens is 2. The van der Waals surface area contributed by atoms with Crippen molar-refractivity contribution >= 4 is 33.4 Å². The molecule has 9 heteroatoms. The third-order valence-electron chi connectivity index (χ3n) is 6.29. The highest BCUT2D eigenvalue weighted by Gasteiger charge is 2.32. The summed E-state index contributed by atoms with van der Waals surface area (Å²) in [6.45, 7) is 1.66. The number of nitrogens with zero attached hydrogens (tertiary/aromatic N) is 4. The van der Waals surface area contributed by atoms with E-state index < -0.39 is 10.0 Å². The van der Waals surface area contributed by atoms with Gasteiger partial charge in [0.2, 0.25) is 10.0 Å². The molecule has 3 heterocycles. The number of piperidine rings is 1. The number of carbonyl (C=O) groups excluding carboxylic acids is 1. The Labute approximate surface area is 198 Å². The molecule has 2 aliphatic rings. The molecule has 0 saturated carbocycles. The Bertz CT molecular complexity index is 1280. The van der Waals surface area contributed by atoms with Gasteiger partial charge < -0.3 is 4.90 Å². The molecule has 2 aliphatic heterocycles. The van der Waals surface area contributed by atoms with Crippen LogP contribution in [0.25, 0.3) is 5.69 Å². The van der Waals surface area contributed by atoms with Crippen molar-refractivity contribution in [3.05, 3.63) is 66.0 Å². The summed E-state index contributed by atoms with van der Waals surface area (Å²) in [7, 11) is -3.50. The van der Waals surface area contributed by atoms with E-state index >= 15 is 0 Å². The van der Waals surface area contributed by atoms with Crippen LogP contribution >= 0.6 is 11.8 Å². The third-order valence-corrected chi connectivity index (χ3v) is 8.84. The first-order valence-corrected chi connectivity index (χ1v) is 13.8. The quantitative estimate of drug-likeness (QED) is 0.515. The number of sulfonamides is 1. The molecule has 0 unspecified atom stereocenters. The summed E-state index contributed by atoms with van der Waals surface area (Å²) >= 11 is 1.48. The summed E-state index contributed by atoms with van der Waals surface area (Å²) in [4.78, 5) is 20.1. The summed E-state index contributed by atoms with van der Waals surface area (Å²) in [5.41, 5.74) is 3.02. The number of anilines is 1. The largest absolute Gasteiger partial charge is 0.306 e. The van der Waals surface area contributed by atoms with E-state index in [4.69, 9.17) is 0 Å². The van der Waals surface area contributed by atoms with E-state index in [-0.39, 0.29) is 5.91 Å². The van der Waals surface area contributed by atoms with Crippen LogP contribution in [0.15, 0.2) is 64.8 Å². The van der Waals surface area contributed by atoms with E-state index in [1.165, 1.54) is 11.8 Å². The van der Waals surface area contributed by atoms with Gasteiger partial charge in [-0.05, 0) is 61.4 Å². The van der Waals surface area contributed by atoms with Gasteiger partial charge in [0.15, 0.2) is 5.16 Å². The van der Waals surface area contributed by atoms with E-state index in [1.807, 2.05) is 41.2 Å². The van der Waals surface area contributed by atoms with Gasteiger partial charge in [0, 0.05) is 31.0 Å². The summed E-state index contributed by atoms with van der Waals surface area (Å²) in [5.74, 6) is -0.142.